The van der Waals surface area contributed by atoms with E-state index in [1.165, 1.54) is 19.2 Å². The number of amides is 1. The number of methoxy groups -OCH3 is 1. The third-order valence-electron chi connectivity index (χ3n) is 2.44. The number of rotatable bonds is 7. The summed E-state index contributed by atoms with van der Waals surface area (Å²) in [6, 6.07) is 4.30. The SMILES string of the molecule is CCNCCC(=O)Nc1ccc(OC)c([N+](=O)[O-])c1. The Balaban J connectivity index is 2.71. The molecule has 1 rings (SSSR count). The number of benzene rings is 1. The van der Waals surface area contributed by atoms with E-state index in [9.17, 15) is 14.9 Å². The highest BCUT2D eigenvalue weighted by molar-refractivity contribution is 5.91. The van der Waals surface area contributed by atoms with Crippen molar-refractivity contribution in [1.82, 2.24) is 5.32 Å². The van der Waals surface area contributed by atoms with Crippen LogP contribution in [0.15, 0.2) is 18.2 Å². The fourth-order valence-electron chi connectivity index (χ4n) is 1.51. The van der Waals surface area contributed by atoms with Gasteiger partial charge < -0.3 is 15.4 Å². The molecule has 0 aromatic heterocycles. The predicted octanol–water partition coefficient (Wildman–Crippen LogP) is 1.54. The quantitative estimate of drug-likeness (QED) is 0.444. The Hall–Kier alpha value is -2.15. The van der Waals surface area contributed by atoms with Crippen molar-refractivity contribution in [2.24, 2.45) is 0 Å². The molecule has 0 heterocycles. The lowest BCUT2D eigenvalue weighted by atomic mass is 10.2. The van der Waals surface area contributed by atoms with Crippen molar-refractivity contribution >= 4 is 17.3 Å². The zero-order chi connectivity index (χ0) is 14.3. The Bertz CT molecular complexity index is 462. The number of anilines is 1. The van der Waals surface area contributed by atoms with Gasteiger partial charge in [-0.15, -0.1) is 0 Å². The van der Waals surface area contributed by atoms with Gasteiger partial charge in [0.05, 0.1) is 12.0 Å². The van der Waals surface area contributed by atoms with Gasteiger partial charge in [-0.05, 0) is 18.7 Å². The molecule has 0 aliphatic heterocycles. The van der Waals surface area contributed by atoms with Gasteiger partial charge in [0, 0.05) is 24.7 Å². The lowest BCUT2D eigenvalue weighted by Gasteiger charge is -2.07. The van der Waals surface area contributed by atoms with Crippen LogP contribution < -0.4 is 15.4 Å². The molecule has 0 radical (unpaired) electrons. The van der Waals surface area contributed by atoms with Crippen LogP contribution >= 0.6 is 0 Å². The number of nitrogens with one attached hydrogen (secondary N) is 2. The average molecular weight is 267 g/mol. The lowest BCUT2D eigenvalue weighted by Crippen LogP contribution is -2.21. The molecule has 0 fully saturated rings. The molecule has 0 bridgehead atoms. The Morgan fingerprint density at radius 3 is 2.79 bits per heavy atom. The first-order valence-electron chi connectivity index (χ1n) is 5.91. The molecule has 0 saturated carbocycles. The molecule has 0 saturated heterocycles. The van der Waals surface area contributed by atoms with Crippen molar-refractivity contribution in [3.8, 4) is 5.75 Å². The molecule has 0 unspecified atom stereocenters. The Morgan fingerprint density at radius 2 is 2.21 bits per heavy atom. The van der Waals surface area contributed by atoms with Crippen LogP contribution in [0.25, 0.3) is 0 Å². The fraction of sp³-hybridized carbons (Fsp3) is 0.417. The predicted molar refractivity (Wildman–Crippen MR) is 71.4 cm³/mol. The third kappa shape index (κ3) is 4.55. The van der Waals surface area contributed by atoms with Gasteiger partial charge in [-0.3, -0.25) is 14.9 Å². The van der Waals surface area contributed by atoms with E-state index in [0.717, 1.165) is 6.54 Å². The van der Waals surface area contributed by atoms with Gasteiger partial charge in [0.15, 0.2) is 5.75 Å². The number of nitrogens with zero attached hydrogens (tertiary/aromatic N) is 1. The molecule has 1 aromatic rings. The maximum absolute atomic E-state index is 11.6. The zero-order valence-corrected chi connectivity index (χ0v) is 10.9. The van der Waals surface area contributed by atoms with Crippen molar-refractivity contribution < 1.29 is 14.5 Å². The van der Waals surface area contributed by atoms with Crippen LogP contribution in [0.5, 0.6) is 5.75 Å². The summed E-state index contributed by atoms with van der Waals surface area (Å²) in [5, 5.41) is 16.5. The van der Waals surface area contributed by atoms with Crippen LogP contribution in [0.4, 0.5) is 11.4 Å². The minimum Gasteiger partial charge on any atom is -0.490 e. The Morgan fingerprint density at radius 1 is 1.47 bits per heavy atom. The molecule has 0 atom stereocenters. The van der Waals surface area contributed by atoms with E-state index in [0.29, 0.717) is 18.7 Å². The highest BCUT2D eigenvalue weighted by Gasteiger charge is 2.15. The molecule has 0 spiro atoms. The average Bonchev–Trinajstić information content (AvgIpc) is 2.39. The highest BCUT2D eigenvalue weighted by atomic mass is 16.6. The molecular weight excluding hydrogens is 250 g/mol. The lowest BCUT2D eigenvalue weighted by molar-refractivity contribution is -0.385. The number of hydrogen-bond acceptors (Lipinski definition) is 5. The maximum atomic E-state index is 11.6. The minimum atomic E-state index is -0.548. The number of ether oxygens (including phenoxy) is 1. The molecular formula is C12H17N3O4. The molecule has 7 nitrogen and oxygen atoms in total. The molecule has 104 valence electrons. The number of carbonyl (C=O) groups excluding carboxylic acids is 1. The van der Waals surface area contributed by atoms with Gasteiger partial charge in [0.2, 0.25) is 5.91 Å². The summed E-state index contributed by atoms with van der Waals surface area (Å²) in [5.41, 5.74) is 0.209. The second-order valence-corrected chi connectivity index (χ2v) is 3.80. The standard InChI is InChI=1S/C12H17N3O4/c1-3-13-7-6-12(16)14-9-4-5-11(19-2)10(8-9)15(17)18/h4-5,8,13H,3,6-7H2,1-2H3,(H,14,16). The number of nitro groups is 1. The second-order valence-electron chi connectivity index (χ2n) is 3.80. The van der Waals surface area contributed by atoms with Crippen LogP contribution in [0.2, 0.25) is 0 Å². The van der Waals surface area contributed by atoms with Crippen LogP contribution in [-0.4, -0.2) is 31.0 Å². The molecule has 2 N–H and O–H groups in total. The van der Waals surface area contributed by atoms with E-state index in [4.69, 9.17) is 4.74 Å². The molecule has 0 aliphatic rings. The van der Waals surface area contributed by atoms with E-state index < -0.39 is 4.92 Å². The van der Waals surface area contributed by atoms with Crippen molar-refractivity contribution in [2.75, 3.05) is 25.5 Å². The molecule has 1 amide bonds. The summed E-state index contributed by atoms with van der Waals surface area (Å²) in [5.74, 6) is -0.0314. The monoisotopic (exact) mass is 267 g/mol. The summed E-state index contributed by atoms with van der Waals surface area (Å²) in [6.45, 7) is 3.31. The summed E-state index contributed by atoms with van der Waals surface area (Å²) in [6.07, 6.45) is 0.313. The number of carbonyl (C=O) groups is 1. The van der Waals surface area contributed by atoms with E-state index in [2.05, 4.69) is 10.6 Å². The van der Waals surface area contributed by atoms with Crippen molar-refractivity contribution in [3.63, 3.8) is 0 Å². The Kier molecular flexibility index (Phi) is 5.74. The summed E-state index contributed by atoms with van der Waals surface area (Å²) in [4.78, 5) is 21.9. The minimum absolute atomic E-state index is 0.163. The van der Waals surface area contributed by atoms with E-state index >= 15 is 0 Å². The smallest absolute Gasteiger partial charge is 0.312 e. The number of hydrogen-bond donors (Lipinski definition) is 2. The summed E-state index contributed by atoms with van der Waals surface area (Å²) < 4.78 is 4.88. The first-order valence-corrected chi connectivity index (χ1v) is 5.91. The maximum Gasteiger partial charge on any atom is 0.312 e. The van der Waals surface area contributed by atoms with E-state index in [1.807, 2.05) is 6.92 Å². The molecule has 1 aromatic carbocycles. The largest absolute Gasteiger partial charge is 0.490 e. The molecule has 7 heteroatoms. The van der Waals surface area contributed by atoms with Crippen LogP contribution in [0.3, 0.4) is 0 Å². The van der Waals surface area contributed by atoms with Crippen molar-refractivity contribution in [2.45, 2.75) is 13.3 Å². The van der Waals surface area contributed by atoms with Gasteiger partial charge in [0.1, 0.15) is 0 Å². The van der Waals surface area contributed by atoms with E-state index in [-0.39, 0.29) is 17.3 Å². The second kappa shape index (κ2) is 7.32. The van der Waals surface area contributed by atoms with Crippen molar-refractivity contribution in [3.05, 3.63) is 28.3 Å². The van der Waals surface area contributed by atoms with Crippen LogP contribution in [-0.2, 0) is 4.79 Å². The molecule has 0 aliphatic carbocycles. The fourth-order valence-corrected chi connectivity index (χ4v) is 1.51. The highest BCUT2D eigenvalue weighted by Crippen LogP contribution is 2.29. The van der Waals surface area contributed by atoms with Gasteiger partial charge in [-0.2, -0.15) is 0 Å². The van der Waals surface area contributed by atoms with Crippen molar-refractivity contribution in [1.29, 1.82) is 0 Å². The summed E-state index contributed by atoms with van der Waals surface area (Å²) >= 11 is 0. The van der Waals surface area contributed by atoms with Gasteiger partial charge in [0.25, 0.3) is 0 Å². The number of nitro benzene ring substituents is 1. The normalized spacial score (nSPS) is 10.0. The van der Waals surface area contributed by atoms with Gasteiger partial charge in [-0.25, -0.2) is 0 Å². The zero-order valence-electron chi connectivity index (χ0n) is 10.9. The first-order chi connectivity index (χ1) is 9.08. The van der Waals surface area contributed by atoms with Gasteiger partial charge >= 0.3 is 5.69 Å². The van der Waals surface area contributed by atoms with Crippen LogP contribution in [0, 0.1) is 10.1 Å². The third-order valence-corrected chi connectivity index (χ3v) is 2.44. The van der Waals surface area contributed by atoms with E-state index in [1.54, 1.807) is 6.07 Å². The topological polar surface area (TPSA) is 93.5 Å². The summed E-state index contributed by atoms with van der Waals surface area (Å²) in [7, 11) is 1.36. The first kappa shape index (κ1) is 14.9. The van der Waals surface area contributed by atoms with Crippen LogP contribution in [0.1, 0.15) is 13.3 Å². The molecule has 19 heavy (non-hydrogen) atoms. The van der Waals surface area contributed by atoms with Gasteiger partial charge in [-0.1, -0.05) is 6.92 Å². The Labute approximate surface area is 111 Å².